The van der Waals surface area contributed by atoms with Crippen molar-refractivity contribution in [2.75, 3.05) is 18.6 Å². The maximum Gasteiger partial charge on any atom is 0.322 e. The Labute approximate surface area is 205 Å². The number of fused-ring (bicyclic) bond motifs is 1. The summed E-state index contributed by atoms with van der Waals surface area (Å²) in [5.74, 6) is -3.77. The lowest BCUT2D eigenvalue weighted by atomic mass is 10.0. The van der Waals surface area contributed by atoms with E-state index in [0.717, 1.165) is 16.5 Å². The summed E-state index contributed by atoms with van der Waals surface area (Å²) in [7, 11) is 0. The molecule has 1 aromatic heterocycles. The van der Waals surface area contributed by atoms with Gasteiger partial charge in [0.1, 0.15) is 18.6 Å². The van der Waals surface area contributed by atoms with Crippen LogP contribution >= 0.6 is 11.8 Å². The minimum absolute atomic E-state index is 0.175. The summed E-state index contributed by atoms with van der Waals surface area (Å²) in [6, 6.07) is 4.05. The number of carbonyl (C=O) groups excluding carboxylic acids is 4. The number of hydrogen-bond donors (Lipinski definition) is 7. The summed E-state index contributed by atoms with van der Waals surface area (Å²) in [6.07, 6.45) is 3.42. The molecular formula is C22H30N6O6S. The molecule has 12 nitrogen and oxygen atoms in total. The van der Waals surface area contributed by atoms with E-state index in [2.05, 4.69) is 20.9 Å². The Morgan fingerprint density at radius 1 is 1.06 bits per heavy atom. The molecule has 4 amide bonds. The summed E-state index contributed by atoms with van der Waals surface area (Å²) in [5.41, 5.74) is 13.0. The van der Waals surface area contributed by atoms with Gasteiger partial charge in [-0.05, 0) is 36.5 Å². The highest BCUT2D eigenvalue weighted by molar-refractivity contribution is 7.98. The molecule has 35 heavy (non-hydrogen) atoms. The molecule has 2 aromatic rings. The monoisotopic (exact) mass is 506 g/mol. The lowest BCUT2D eigenvalue weighted by Gasteiger charge is -2.23. The number of carboxylic acids is 1. The number of thioether (sulfide) groups is 1. The number of rotatable bonds is 14. The normalized spacial score (nSPS) is 13.4. The summed E-state index contributed by atoms with van der Waals surface area (Å²) < 4.78 is 0. The lowest BCUT2D eigenvalue weighted by molar-refractivity contribution is -0.138. The Kier molecular flexibility index (Phi) is 10.5. The van der Waals surface area contributed by atoms with Crippen LogP contribution in [0.5, 0.6) is 0 Å². The molecule has 0 saturated heterocycles. The lowest BCUT2D eigenvalue weighted by Crippen LogP contribution is -2.57. The average Bonchev–Trinajstić information content (AvgIpc) is 3.21. The summed E-state index contributed by atoms with van der Waals surface area (Å²) in [6.45, 7) is -0.616. The first-order chi connectivity index (χ1) is 16.6. The van der Waals surface area contributed by atoms with Gasteiger partial charge in [0.05, 0.1) is 12.5 Å². The maximum atomic E-state index is 12.9. The molecule has 1 aromatic carbocycles. The number of hydrogen-bond acceptors (Lipinski definition) is 7. The Morgan fingerprint density at radius 3 is 2.40 bits per heavy atom. The largest absolute Gasteiger partial charge is 0.480 e. The van der Waals surface area contributed by atoms with Crippen molar-refractivity contribution in [2.24, 2.45) is 11.5 Å². The number of amides is 4. The van der Waals surface area contributed by atoms with Gasteiger partial charge in [0, 0.05) is 17.1 Å². The van der Waals surface area contributed by atoms with Crippen molar-refractivity contribution in [3.63, 3.8) is 0 Å². The first-order valence-corrected chi connectivity index (χ1v) is 12.2. The predicted octanol–water partition coefficient (Wildman–Crippen LogP) is -1.16. The highest BCUT2D eigenvalue weighted by Gasteiger charge is 2.29. The van der Waals surface area contributed by atoms with Crippen molar-refractivity contribution in [3.05, 3.63) is 36.0 Å². The Bertz CT molecular complexity index is 1070. The molecule has 190 valence electrons. The quantitative estimate of drug-likeness (QED) is 0.166. The fourth-order valence-corrected chi connectivity index (χ4v) is 3.85. The van der Waals surface area contributed by atoms with E-state index >= 15 is 0 Å². The zero-order valence-corrected chi connectivity index (χ0v) is 20.0. The number of para-hydroxylation sites is 1. The van der Waals surface area contributed by atoms with Crippen LogP contribution in [0.15, 0.2) is 30.5 Å². The van der Waals surface area contributed by atoms with Crippen molar-refractivity contribution in [1.82, 2.24) is 20.9 Å². The highest BCUT2D eigenvalue weighted by atomic mass is 32.2. The first-order valence-electron chi connectivity index (χ1n) is 10.8. The van der Waals surface area contributed by atoms with Crippen LogP contribution in [0.1, 0.15) is 18.4 Å². The zero-order valence-electron chi connectivity index (χ0n) is 19.2. The van der Waals surface area contributed by atoms with Crippen molar-refractivity contribution in [3.8, 4) is 0 Å². The zero-order chi connectivity index (χ0) is 26.0. The topological polar surface area (TPSA) is 209 Å². The van der Waals surface area contributed by atoms with Crippen LogP contribution in [0, 0.1) is 0 Å². The number of carboxylic acid groups (broad SMARTS) is 1. The van der Waals surface area contributed by atoms with Crippen LogP contribution in [0.2, 0.25) is 0 Å². The molecule has 0 fully saturated rings. The van der Waals surface area contributed by atoms with Crippen LogP contribution in [0.4, 0.5) is 0 Å². The van der Waals surface area contributed by atoms with Gasteiger partial charge in [0.2, 0.25) is 23.6 Å². The van der Waals surface area contributed by atoms with Crippen LogP contribution < -0.4 is 27.4 Å². The average molecular weight is 507 g/mol. The van der Waals surface area contributed by atoms with Crippen LogP contribution in [-0.4, -0.2) is 76.4 Å². The Hall–Kier alpha value is -3.58. The van der Waals surface area contributed by atoms with E-state index in [1.165, 1.54) is 11.8 Å². The fraction of sp³-hybridized carbons (Fsp3) is 0.409. The number of aromatic nitrogens is 1. The van der Waals surface area contributed by atoms with Crippen LogP contribution in [-0.2, 0) is 30.4 Å². The van der Waals surface area contributed by atoms with Crippen LogP contribution in [0.3, 0.4) is 0 Å². The van der Waals surface area contributed by atoms with Crippen LogP contribution in [0.25, 0.3) is 10.9 Å². The number of primary amides is 1. The van der Waals surface area contributed by atoms with Gasteiger partial charge in [-0.1, -0.05) is 18.2 Å². The second-order valence-corrected chi connectivity index (χ2v) is 8.84. The van der Waals surface area contributed by atoms with Crippen molar-refractivity contribution in [2.45, 2.75) is 37.4 Å². The van der Waals surface area contributed by atoms with Crippen molar-refractivity contribution in [1.29, 1.82) is 0 Å². The number of nitrogens with one attached hydrogen (secondary N) is 4. The van der Waals surface area contributed by atoms with Crippen molar-refractivity contribution < 1.29 is 29.1 Å². The molecule has 1 heterocycles. The summed E-state index contributed by atoms with van der Waals surface area (Å²) >= 11 is 1.42. The molecule has 0 spiro atoms. The third-order valence-corrected chi connectivity index (χ3v) is 5.79. The van der Waals surface area contributed by atoms with E-state index in [-0.39, 0.29) is 12.8 Å². The molecule has 0 aliphatic carbocycles. The van der Waals surface area contributed by atoms with E-state index in [4.69, 9.17) is 16.6 Å². The van der Waals surface area contributed by atoms with Gasteiger partial charge in [0.25, 0.3) is 0 Å². The Balaban J connectivity index is 2.08. The van der Waals surface area contributed by atoms with E-state index < -0.39 is 60.7 Å². The fourth-order valence-electron chi connectivity index (χ4n) is 3.38. The van der Waals surface area contributed by atoms with E-state index in [0.29, 0.717) is 5.75 Å². The van der Waals surface area contributed by atoms with Gasteiger partial charge in [-0.2, -0.15) is 11.8 Å². The van der Waals surface area contributed by atoms with Gasteiger partial charge in [0.15, 0.2) is 0 Å². The first kappa shape index (κ1) is 27.7. The van der Waals surface area contributed by atoms with E-state index in [1.54, 1.807) is 12.5 Å². The number of aromatic amines is 1. The molecule has 13 heteroatoms. The second-order valence-electron chi connectivity index (χ2n) is 7.86. The molecule has 9 N–H and O–H groups in total. The molecule has 0 radical (unpaired) electrons. The molecule has 3 atom stereocenters. The molecule has 3 unspecified atom stereocenters. The minimum atomic E-state index is -1.36. The van der Waals surface area contributed by atoms with Crippen molar-refractivity contribution >= 4 is 52.3 Å². The van der Waals surface area contributed by atoms with E-state index in [1.807, 2.05) is 24.3 Å². The van der Waals surface area contributed by atoms with Gasteiger partial charge < -0.3 is 37.5 Å². The summed E-state index contributed by atoms with van der Waals surface area (Å²) in [5, 5.41) is 16.8. The number of carbonyl (C=O) groups is 5. The third-order valence-electron chi connectivity index (χ3n) is 5.15. The van der Waals surface area contributed by atoms with Gasteiger partial charge in [-0.25, -0.2) is 0 Å². The molecular weight excluding hydrogens is 476 g/mol. The third kappa shape index (κ3) is 8.61. The minimum Gasteiger partial charge on any atom is -0.480 e. The number of aliphatic carboxylic acids is 1. The summed E-state index contributed by atoms with van der Waals surface area (Å²) in [4.78, 5) is 63.3. The van der Waals surface area contributed by atoms with Gasteiger partial charge in [-0.15, -0.1) is 0 Å². The number of nitrogens with two attached hydrogens (primary N) is 2. The molecule has 0 aliphatic rings. The molecule has 0 aliphatic heterocycles. The Morgan fingerprint density at radius 2 is 1.74 bits per heavy atom. The molecule has 0 saturated carbocycles. The SMILES string of the molecule is CSCCC(NC(=O)C(CC(N)=O)NC(=O)C(N)Cc1c[nH]c2ccccc12)C(=O)NCC(=O)O. The second kappa shape index (κ2) is 13.3. The molecule has 0 bridgehead atoms. The standard InChI is InChI=1S/C22H30N6O6S/c1-35-7-6-16(21(33)26-11-19(30)31)27-22(34)17(9-18(24)29)28-20(32)14(23)8-12-10-25-15-5-3-2-4-13(12)15/h2-5,10,14,16-17,25H,6-9,11,23H2,1H3,(H2,24,29)(H,26,33)(H,27,34)(H,28,32)(H,30,31). The predicted molar refractivity (Wildman–Crippen MR) is 131 cm³/mol. The number of H-pyrrole nitrogens is 1. The van der Waals surface area contributed by atoms with Gasteiger partial charge in [-0.3, -0.25) is 24.0 Å². The van der Waals surface area contributed by atoms with Gasteiger partial charge >= 0.3 is 5.97 Å². The van der Waals surface area contributed by atoms with E-state index in [9.17, 15) is 24.0 Å². The maximum absolute atomic E-state index is 12.9. The smallest absolute Gasteiger partial charge is 0.322 e. The highest BCUT2D eigenvalue weighted by Crippen LogP contribution is 2.18. The number of benzene rings is 1. The molecule has 2 rings (SSSR count).